The van der Waals surface area contributed by atoms with Crippen molar-refractivity contribution in [3.05, 3.63) is 36.7 Å². The van der Waals surface area contributed by atoms with Crippen LogP contribution in [0.1, 0.15) is 6.42 Å². The Balaban J connectivity index is 1.96. The van der Waals surface area contributed by atoms with Crippen LogP contribution in [-0.2, 0) is 11.3 Å². The van der Waals surface area contributed by atoms with Crippen molar-refractivity contribution in [2.24, 2.45) is 0 Å². The number of aromatic nitrogens is 2. The minimum atomic E-state index is -0.0935. The highest BCUT2D eigenvalue weighted by molar-refractivity contribution is 5.92. The molecule has 0 fully saturated rings. The predicted octanol–water partition coefficient (Wildman–Crippen LogP) is 1.93. The summed E-state index contributed by atoms with van der Waals surface area (Å²) < 4.78 is 12.0. The smallest absolute Gasteiger partial charge is 0.226 e. The molecule has 6 heteroatoms. The molecule has 0 aliphatic rings. The number of carbonyl (C=O) groups excluding carboxylic acids is 1. The summed E-state index contributed by atoms with van der Waals surface area (Å²) in [6.45, 7) is 0.539. The van der Waals surface area contributed by atoms with Crippen LogP contribution in [-0.4, -0.2) is 29.9 Å². The minimum Gasteiger partial charge on any atom is -0.497 e. The van der Waals surface area contributed by atoms with E-state index in [2.05, 4.69) is 10.4 Å². The second-order valence-corrected chi connectivity index (χ2v) is 4.13. The van der Waals surface area contributed by atoms with E-state index in [4.69, 9.17) is 9.47 Å². The van der Waals surface area contributed by atoms with Crippen molar-refractivity contribution >= 4 is 11.6 Å². The van der Waals surface area contributed by atoms with Gasteiger partial charge in [-0.3, -0.25) is 9.48 Å². The molecule has 0 unspecified atom stereocenters. The second kappa shape index (κ2) is 6.60. The van der Waals surface area contributed by atoms with E-state index in [0.29, 0.717) is 30.2 Å². The third-order valence-electron chi connectivity index (χ3n) is 2.81. The normalized spacial score (nSPS) is 10.1. The number of anilines is 1. The molecule has 20 heavy (non-hydrogen) atoms. The van der Waals surface area contributed by atoms with E-state index in [1.807, 2.05) is 12.3 Å². The van der Waals surface area contributed by atoms with Crippen LogP contribution in [0.3, 0.4) is 0 Å². The monoisotopic (exact) mass is 275 g/mol. The van der Waals surface area contributed by atoms with Crippen LogP contribution in [0, 0.1) is 0 Å². The SMILES string of the molecule is COc1ccc(NC(=O)CCn2cccn2)c(OC)c1. The van der Waals surface area contributed by atoms with Gasteiger partial charge in [-0.1, -0.05) is 0 Å². The molecule has 0 radical (unpaired) electrons. The summed E-state index contributed by atoms with van der Waals surface area (Å²) in [7, 11) is 3.13. The number of aryl methyl sites for hydroxylation is 1. The zero-order valence-corrected chi connectivity index (χ0v) is 11.5. The molecule has 6 nitrogen and oxygen atoms in total. The molecule has 1 aromatic carbocycles. The van der Waals surface area contributed by atoms with E-state index in [-0.39, 0.29) is 5.91 Å². The second-order valence-electron chi connectivity index (χ2n) is 4.13. The van der Waals surface area contributed by atoms with E-state index in [1.54, 1.807) is 43.3 Å². The molecule has 1 amide bonds. The molecule has 2 rings (SSSR count). The fourth-order valence-corrected chi connectivity index (χ4v) is 1.76. The number of hydrogen-bond donors (Lipinski definition) is 1. The highest BCUT2D eigenvalue weighted by Crippen LogP contribution is 2.29. The van der Waals surface area contributed by atoms with Crippen molar-refractivity contribution < 1.29 is 14.3 Å². The Morgan fingerprint density at radius 2 is 2.20 bits per heavy atom. The average Bonchev–Trinajstić information content (AvgIpc) is 2.99. The van der Waals surface area contributed by atoms with Gasteiger partial charge in [-0.25, -0.2) is 0 Å². The molecule has 0 aliphatic heterocycles. The Morgan fingerprint density at radius 1 is 1.35 bits per heavy atom. The van der Waals surface area contributed by atoms with Gasteiger partial charge in [0.2, 0.25) is 5.91 Å². The van der Waals surface area contributed by atoms with E-state index in [1.165, 1.54) is 0 Å². The molecular formula is C14H17N3O3. The molecule has 0 aliphatic carbocycles. The molecule has 1 N–H and O–H groups in total. The maximum absolute atomic E-state index is 11.9. The van der Waals surface area contributed by atoms with Gasteiger partial charge in [-0.05, 0) is 18.2 Å². The Morgan fingerprint density at radius 3 is 2.85 bits per heavy atom. The summed E-state index contributed by atoms with van der Waals surface area (Å²) in [6, 6.07) is 7.07. The number of carbonyl (C=O) groups is 1. The molecule has 0 atom stereocenters. The molecule has 2 aromatic rings. The van der Waals surface area contributed by atoms with Gasteiger partial charge in [0.05, 0.1) is 19.9 Å². The Kier molecular flexibility index (Phi) is 4.60. The molecule has 0 saturated carbocycles. The van der Waals surface area contributed by atoms with Crippen molar-refractivity contribution in [3.8, 4) is 11.5 Å². The van der Waals surface area contributed by atoms with Crippen LogP contribution in [0.5, 0.6) is 11.5 Å². The van der Waals surface area contributed by atoms with Crippen molar-refractivity contribution in [2.75, 3.05) is 19.5 Å². The van der Waals surface area contributed by atoms with Gasteiger partial charge in [0, 0.05) is 31.4 Å². The minimum absolute atomic E-state index is 0.0935. The summed E-state index contributed by atoms with van der Waals surface area (Å²) in [5.74, 6) is 1.15. The first-order valence-electron chi connectivity index (χ1n) is 6.22. The number of methoxy groups -OCH3 is 2. The van der Waals surface area contributed by atoms with Gasteiger partial charge in [0.15, 0.2) is 0 Å². The summed E-state index contributed by atoms with van der Waals surface area (Å²) in [4.78, 5) is 11.9. The van der Waals surface area contributed by atoms with Crippen LogP contribution < -0.4 is 14.8 Å². The lowest BCUT2D eigenvalue weighted by Crippen LogP contribution is -2.15. The maximum Gasteiger partial charge on any atom is 0.226 e. The summed E-state index contributed by atoms with van der Waals surface area (Å²) >= 11 is 0. The Labute approximate surface area is 117 Å². The van der Waals surface area contributed by atoms with Crippen LogP contribution >= 0.6 is 0 Å². The van der Waals surface area contributed by atoms with Gasteiger partial charge in [0.1, 0.15) is 11.5 Å². The van der Waals surface area contributed by atoms with Crippen LogP contribution in [0.2, 0.25) is 0 Å². The standard InChI is InChI=1S/C14H17N3O3/c1-19-11-4-5-12(13(10-11)20-2)16-14(18)6-9-17-8-3-7-15-17/h3-5,7-8,10H,6,9H2,1-2H3,(H,16,18). The molecule has 106 valence electrons. The zero-order chi connectivity index (χ0) is 14.4. The van der Waals surface area contributed by atoms with Gasteiger partial charge < -0.3 is 14.8 Å². The highest BCUT2D eigenvalue weighted by atomic mass is 16.5. The quantitative estimate of drug-likeness (QED) is 0.874. The third-order valence-corrected chi connectivity index (χ3v) is 2.81. The predicted molar refractivity (Wildman–Crippen MR) is 75.0 cm³/mol. The van der Waals surface area contributed by atoms with Gasteiger partial charge in [-0.2, -0.15) is 5.10 Å². The first-order valence-corrected chi connectivity index (χ1v) is 6.22. The topological polar surface area (TPSA) is 65.4 Å². The third kappa shape index (κ3) is 3.50. The maximum atomic E-state index is 11.9. The van der Waals surface area contributed by atoms with Crippen molar-refractivity contribution in [3.63, 3.8) is 0 Å². The van der Waals surface area contributed by atoms with E-state index >= 15 is 0 Å². The fraction of sp³-hybridized carbons (Fsp3) is 0.286. The number of nitrogens with one attached hydrogen (secondary N) is 1. The van der Waals surface area contributed by atoms with Crippen molar-refractivity contribution in [2.45, 2.75) is 13.0 Å². The lowest BCUT2D eigenvalue weighted by atomic mass is 10.2. The molecule has 0 spiro atoms. The van der Waals surface area contributed by atoms with Gasteiger partial charge in [-0.15, -0.1) is 0 Å². The van der Waals surface area contributed by atoms with E-state index in [9.17, 15) is 4.79 Å². The van der Waals surface area contributed by atoms with Crippen LogP contribution in [0.4, 0.5) is 5.69 Å². The molecule has 0 saturated heterocycles. The number of ether oxygens (including phenoxy) is 2. The largest absolute Gasteiger partial charge is 0.497 e. The lowest BCUT2D eigenvalue weighted by Gasteiger charge is -2.11. The number of amides is 1. The summed E-state index contributed by atoms with van der Waals surface area (Å²) in [5, 5.41) is 6.86. The number of rotatable bonds is 6. The van der Waals surface area contributed by atoms with Gasteiger partial charge in [0.25, 0.3) is 0 Å². The van der Waals surface area contributed by atoms with E-state index in [0.717, 1.165) is 0 Å². The highest BCUT2D eigenvalue weighted by Gasteiger charge is 2.09. The molecule has 1 aromatic heterocycles. The van der Waals surface area contributed by atoms with Crippen LogP contribution in [0.25, 0.3) is 0 Å². The Hall–Kier alpha value is -2.50. The van der Waals surface area contributed by atoms with Crippen molar-refractivity contribution in [1.82, 2.24) is 9.78 Å². The fourth-order valence-electron chi connectivity index (χ4n) is 1.76. The summed E-state index contributed by atoms with van der Waals surface area (Å²) in [5.41, 5.74) is 0.624. The molecular weight excluding hydrogens is 258 g/mol. The van der Waals surface area contributed by atoms with E-state index < -0.39 is 0 Å². The van der Waals surface area contributed by atoms with Crippen LogP contribution in [0.15, 0.2) is 36.7 Å². The number of nitrogens with zero attached hydrogens (tertiary/aromatic N) is 2. The number of benzene rings is 1. The number of hydrogen-bond acceptors (Lipinski definition) is 4. The first-order chi connectivity index (χ1) is 9.72. The lowest BCUT2D eigenvalue weighted by molar-refractivity contribution is -0.116. The molecule has 0 bridgehead atoms. The molecule has 1 heterocycles. The summed E-state index contributed by atoms with van der Waals surface area (Å²) in [6.07, 6.45) is 3.85. The zero-order valence-electron chi connectivity index (χ0n) is 11.5. The first kappa shape index (κ1) is 13.9. The van der Waals surface area contributed by atoms with Crippen molar-refractivity contribution in [1.29, 1.82) is 0 Å². The van der Waals surface area contributed by atoms with Gasteiger partial charge >= 0.3 is 0 Å². The average molecular weight is 275 g/mol. The Bertz CT molecular complexity index is 567.